The molecule has 0 saturated carbocycles. The fourth-order valence-electron chi connectivity index (χ4n) is 10.9. The Labute approximate surface area is 521 Å². The van der Waals surface area contributed by atoms with Crippen LogP contribution in [0.25, 0.3) is 0 Å². The smallest absolute Gasteiger partial charge is 0.691 e. The van der Waals surface area contributed by atoms with Gasteiger partial charge in [0.15, 0.2) is 12.6 Å². The first kappa shape index (κ1) is 78.3. The monoisotopic (exact) mass is 1240 g/mol. The van der Waals surface area contributed by atoms with Crippen LogP contribution in [-0.2, 0) is 50.8 Å². The van der Waals surface area contributed by atoms with E-state index in [-0.39, 0.29) is 41.6 Å². The normalized spacial score (nSPS) is 29.9. The van der Waals surface area contributed by atoms with Gasteiger partial charge >= 0.3 is 38.4 Å². The standard InChI is InChI=1S/C57H110N2O19SSi2.Na/c1-9-69-81(70-10-2,78-80-41(3)4)38-33-31-29-27-25-23-21-19-17-15-13-11-12-14-16-18-20-22-24-26-28-30-32-36-59(8)37-34-35-44-47(58-43(6)62)52(75-55-50(65)49(64)48(63)42(5)71-55)51(45(39-60)72-44)74-56-54(67)57(7,79-77-76-68)53(66)46(40-61)73-56;/h26,28,41-42,44-56,60-61,63-68H,9-25,27,29-40H2,1-8H3,(H,58,62);/q;+1/p-1. The van der Waals surface area contributed by atoms with E-state index in [0.717, 1.165) is 38.3 Å². The molecule has 8 N–H and O–H groups in total. The van der Waals surface area contributed by atoms with Crippen LogP contribution in [0.2, 0.25) is 11.6 Å². The number of aliphatic hydroxyl groups is 7. The molecule has 3 aliphatic heterocycles. The number of aliphatic hydroxyl groups excluding tert-OH is 7. The van der Waals surface area contributed by atoms with Gasteiger partial charge in [-0.15, -0.1) is 0 Å². The van der Waals surface area contributed by atoms with Gasteiger partial charge in [-0.3, -0.25) is 9.83 Å². The van der Waals surface area contributed by atoms with Crippen molar-refractivity contribution >= 4 is 36.5 Å². The molecule has 3 aliphatic rings. The minimum Gasteiger partial charge on any atom is -0.691 e. The van der Waals surface area contributed by atoms with Crippen molar-refractivity contribution in [3.05, 3.63) is 12.2 Å². The van der Waals surface area contributed by atoms with Gasteiger partial charge in [-0.1, -0.05) is 129 Å². The molecular formula is C57H109N2NaO19SSi2. The van der Waals surface area contributed by atoms with Crippen molar-refractivity contribution < 1.29 is 121 Å². The number of rotatable bonds is 46. The third-order valence-electron chi connectivity index (χ3n) is 15.6. The van der Waals surface area contributed by atoms with Crippen molar-refractivity contribution in [2.45, 2.75) is 298 Å². The summed E-state index contributed by atoms with van der Waals surface area (Å²) in [7, 11) is -0.0588. The quantitative estimate of drug-likeness (QED) is 0.0109. The van der Waals surface area contributed by atoms with Gasteiger partial charge in [0, 0.05) is 38.2 Å². The van der Waals surface area contributed by atoms with Gasteiger partial charge in [0.25, 0.3) is 0 Å². The summed E-state index contributed by atoms with van der Waals surface area (Å²) in [5.41, 5.74) is 0.502. The summed E-state index contributed by atoms with van der Waals surface area (Å²) in [6, 6.07) is -0.0982. The average molecular weight is 1240 g/mol. The van der Waals surface area contributed by atoms with Crippen LogP contribution in [0.3, 0.4) is 0 Å². The van der Waals surface area contributed by atoms with Crippen molar-refractivity contribution in [2.75, 3.05) is 46.6 Å². The summed E-state index contributed by atoms with van der Waals surface area (Å²) in [6.45, 7) is 14.0. The number of nitrogens with one attached hydrogen (secondary N) is 1. The fraction of sp³-hybridized carbons (Fsp3) is 0.947. The number of amides is 1. The first-order chi connectivity index (χ1) is 38.9. The molecule has 0 aromatic rings. The summed E-state index contributed by atoms with van der Waals surface area (Å²) in [4.78, 5) is 15.1. The molecule has 0 aromatic heterocycles. The number of hydrogen-bond donors (Lipinski definition) is 8. The van der Waals surface area contributed by atoms with Crippen LogP contribution in [0.5, 0.6) is 0 Å². The van der Waals surface area contributed by atoms with Gasteiger partial charge in [0.05, 0.1) is 31.5 Å². The van der Waals surface area contributed by atoms with Crippen LogP contribution in [0, 0.1) is 0 Å². The number of nitrogens with zero attached hydrogens (tertiary/aromatic N) is 1. The van der Waals surface area contributed by atoms with E-state index in [1.807, 2.05) is 20.9 Å². The van der Waals surface area contributed by atoms with E-state index in [2.05, 4.69) is 45.6 Å². The molecule has 2 radical (unpaired) electrons. The number of unbranched alkanes of at least 4 members (excludes halogenated alkanes) is 19. The molecule has 0 aromatic carbocycles. The first-order valence-electron chi connectivity index (χ1n) is 30.8. The second-order valence-electron chi connectivity index (χ2n) is 22.9. The van der Waals surface area contributed by atoms with Crippen molar-refractivity contribution in [1.29, 1.82) is 0 Å². The number of carbonyl (C=O) groups is 1. The van der Waals surface area contributed by atoms with Gasteiger partial charge in [-0.2, -0.15) is 4.33 Å². The molecule has 3 fully saturated rings. The molecule has 15 unspecified atom stereocenters. The van der Waals surface area contributed by atoms with Crippen LogP contribution < -0.4 is 40.1 Å². The van der Waals surface area contributed by atoms with Gasteiger partial charge in [-0.05, 0) is 98.3 Å². The molecule has 0 aliphatic carbocycles. The van der Waals surface area contributed by atoms with Gasteiger partial charge < -0.3 is 87.9 Å². The predicted molar refractivity (Wildman–Crippen MR) is 310 cm³/mol. The third kappa shape index (κ3) is 28.0. The Morgan fingerprint density at radius 1 is 0.695 bits per heavy atom. The summed E-state index contributed by atoms with van der Waals surface area (Å²) in [6.07, 6.45) is 13.6. The van der Waals surface area contributed by atoms with E-state index in [1.165, 1.54) is 130 Å². The summed E-state index contributed by atoms with van der Waals surface area (Å²) in [5, 5.41) is 92.6. The second-order valence-corrected chi connectivity index (χ2v) is 28.7. The van der Waals surface area contributed by atoms with Gasteiger partial charge in [0.1, 0.15) is 59.7 Å². The molecule has 1 amide bonds. The maximum absolute atomic E-state index is 12.8. The summed E-state index contributed by atoms with van der Waals surface area (Å²) < 4.78 is 51.9. The van der Waals surface area contributed by atoms with Crippen LogP contribution in [0.1, 0.15) is 196 Å². The zero-order chi connectivity index (χ0) is 59.6. The van der Waals surface area contributed by atoms with Crippen molar-refractivity contribution in [3.63, 3.8) is 0 Å². The Kier molecular flexibility index (Phi) is 42.6. The number of hydrogen-bond acceptors (Lipinski definition) is 21. The van der Waals surface area contributed by atoms with Gasteiger partial charge in [0.2, 0.25) is 15.7 Å². The Morgan fingerprint density at radius 3 is 1.72 bits per heavy atom. The Balaban J connectivity index is 0.0000230. The largest absolute Gasteiger partial charge is 1.00 e. The summed E-state index contributed by atoms with van der Waals surface area (Å²) >= 11 is 0.287. The molecular weight excluding hydrogens is 1130 g/mol. The molecule has 3 rings (SSSR count). The number of ether oxygens (including phenoxy) is 5. The Morgan fingerprint density at radius 2 is 1.21 bits per heavy atom. The first-order valence-corrected chi connectivity index (χ1v) is 34.4. The van der Waals surface area contributed by atoms with E-state index < -0.39 is 118 Å². The van der Waals surface area contributed by atoms with E-state index in [1.54, 1.807) is 0 Å². The number of carbonyl (C=O) groups excluding carboxylic acids is 1. The fourth-order valence-corrected chi connectivity index (χ4v) is 16.0. The molecule has 476 valence electrons. The van der Waals surface area contributed by atoms with Gasteiger partial charge in [-0.25, -0.2) is 0 Å². The third-order valence-corrected chi connectivity index (χ3v) is 21.2. The SMILES string of the molecule is CCO[Si](CCCCCCCCCCCCCCCCCCCCC=CCCCN(C)CCCC1OC(CO)C(OC2OC(CO)C(O)C(C)(SOO[O-])C2O)C(OC2OC(C)C(O)C(O)C2O)C1NC(C)=O)(OCC)O[Si]C(C)C.[Na+]. The molecule has 82 heavy (non-hydrogen) atoms. The van der Waals surface area contributed by atoms with E-state index in [9.17, 15) is 45.8 Å². The molecule has 0 spiro atoms. The maximum Gasteiger partial charge on any atom is 1.00 e. The van der Waals surface area contributed by atoms with E-state index >= 15 is 0 Å². The topological polar surface area (TPSA) is 289 Å². The maximum atomic E-state index is 12.8. The van der Waals surface area contributed by atoms with E-state index in [0.29, 0.717) is 47.9 Å². The Bertz CT molecular complexity index is 1640. The van der Waals surface area contributed by atoms with Crippen LogP contribution in [0.15, 0.2) is 12.2 Å². The van der Waals surface area contributed by atoms with Crippen molar-refractivity contribution in [1.82, 2.24) is 10.2 Å². The molecule has 15 atom stereocenters. The molecule has 21 nitrogen and oxygen atoms in total. The number of allylic oxidation sites excluding steroid dienone is 2. The zero-order valence-electron chi connectivity index (χ0n) is 51.4. The Hall–Kier alpha value is 0.234. The minimum atomic E-state index is -2.54. The van der Waals surface area contributed by atoms with Crippen LogP contribution in [0.4, 0.5) is 0 Å². The average Bonchev–Trinajstić information content (AvgIpc) is 3.58. The van der Waals surface area contributed by atoms with E-state index in [4.69, 9.17) is 36.7 Å². The second kappa shape index (κ2) is 44.6. The van der Waals surface area contributed by atoms with Crippen molar-refractivity contribution in [2.24, 2.45) is 0 Å². The minimum absolute atomic E-state index is 0. The molecule has 0 bridgehead atoms. The van der Waals surface area contributed by atoms with Crippen LogP contribution in [-0.4, -0.2) is 202 Å². The van der Waals surface area contributed by atoms with Crippen LogP contribution >= 0.6 is 12.0 Å². The molecule has 3 saturated heterocycles. The summed E-state index contributed by atoms with van der Waals surface area (Å²) in [5.74, 6) is -0.477. The van der Waals surface area contributed by atoms with Crippen molar-refractivity contribution in [3.8, 4) is 0 Å². The molecule has 25 heteroatoms. The zero-order valence-corrected chi connectivity index (χ0v) is 56.2. The molecule has 3 heterocycles. The predicted octanol–water partition coefficient (Wildman–Crippen LogP) is 2.86.